The number of carboxylic acid groups (broad SMARTS) is 3. The normalized spacial score (nSPS) is 11.3. The number of aromatic amines is 1. The van der Waals surface area contributed by atoms with Crippen molar-refractivity contribution in [2.24, 2.45) is 0 Å². The summed E-state index contributed by atoms with van der Waals surface area (Å²) < 4.78 is 0. The van der Waals surface area contributed by atoms with Crippen LogP contribution in [0.4, 0.5) is 5.69 Å². The van der Waals surface area contributed by atoms with Crippen LogP contribution in [0.2, 0.25) is 0 Å². The second-order valence-corrected chi connectivity index (χ2v) is 10.6. The average molecular weight is 635 g/mol. The summed E-state index contributed by atoms with van der Waals surface area (Å²) in [5.41, 5.74) is 1.40. The lowest BCUT2D eigenvalue weighted by molar-refractivity contribution is -0.141. The van der Waals surface area contributed by atoms with Gasteiger partial charge in [0, 0.05) is 56.5 Å². The fraction of sp³-hybridized carbons (Fsp3) is 0.517. The Morgan fingerprint density at radius 1 is 0.733 bits per heavy atom. The number of benzene rings is 1. The first kappa shape index (κ1) is 36.8. The zero-order chi connectivity index (χ0) is 33.4. The summed E-state index contributed by atoms with van der Waals surface area (Å²) in [7, 11) is 0. The number of hydrogen-bond donors (Lipinski definition) is 7. The van der Waals surface area contributed by atoms with Crippen molar-refractivity contribution in [1.82, 2.24) is 25.0 Å². The number of fused-ring (bicyclic) bond motifs is 1. The predicted octanol–water partition coefficient (Wildman–Crippen LogP) is -0.786. The van der Waals surface area contributed by atoms with Crippen molar-refractivity contribution in [3.63, 3.8) is 0 Å². The summed E-state index contributed by atoms with van der Waals surface area (Å²) >= 11 is 0. The largest absolute Gasteiger partial charge is 0.480 e. The van der Waals surface area contributed by atoms with Gasteiger partial charge in [0.05, 0.1) is 38.2 Å². The first-order chi connectivity index (χ1) is 21.4. The number of aliphatic hydroxyl groups excluding tert-OH is 1. The summed E-state index contributed by atoms with van der Waals surface area (Å²) in [6, 6.07) is 6.45. The van der Waals surface area contributed by atoms with Gasteiger partial charge < -0.3 is 36.0 Å². The number of aromatic nitrogens is 1. The number of carboxylic acids is 3. The second kappa shape index (κ2) is 19.1. The molecule has 0 saturated carbocycles. The first-order valence-corrected chi connectivity index (χ1v) is 14.5. The van der Waals surface area contributed by atoms with Crippen LogP contribution in [0.25, 0.3) is 10.9 Å². The van der Waals surface area contributed by atoms with Crippen LogP contribution in [0.15, 0.2) is 29.1 Å². The number of unbranched alkanes of at least 4 members (excludes halogenated alkanes) is 2. The number of H-pyrrole nitrogens is 1. The molecule has 248 valence electrons. The number of anilines is 1. The number of aryl methyl sites for hydroxylation is 1. The molecule has 2 rings (SSSR count). The van der Waals surface area contributed by atoms with Gasteiger partial charge in [-0.2, -0.15) is 0 Å². The molecule has 7 N–H and O–H groups in total. The highest BCUT2D eigenvalue weighted by molar-refractivity contribution is 5.95. The Kier molecular flexibility index (Phi) is 15.6. The van der Waals surface area contributed by atoms with Gasteiger partial charge in [0.2, 0.25) is 17.4 Å². The van der Waals surface area contributed by atoms with Crippen LogP contribution in [0, 0.1) is 6.92 Å². The minimum absolute atomic E-state index is 0.00446. The smallest absolute Gasteiger partial charge is 0.317 e. The van der Waals surface area contributed by atoms with Crippen molar-refractivity contribution >= 4 is 46.3 Å². The van der Waals surface area contributed by atoms with Gasteiger partial charge >= 0.3 is 17.9 Å². The number of carbonyl (C=O) groups is 5. The van der Waals surface area contributed by atoms with Crippen molar-refractivity contribution < 1.29 is 44.4 Å². The summed E-state index contributed by atoms with van der Waals surface area (Å²) in [6.45, 7) is 0.449. The van der Waals surface area contributed by atoms with Crippen molar-refractivity contribution in [3.8, 4) is 0 Å². The standard InChI is InChI=1S/C29H42N6O10/c1-20-13-24(37)32-23-14-21(5-6-22(20)23)31-26(39)16-35(19-29(44)45)11-9-33(17-27(40)41)8-10-34(18-28(42)43)15-25(38)30-7-3-2-4-12-36/h5-6,13-14,36H,2-4,7-12,15-19H2,1H3,(H,30,38)(H,31,39)(H,32,37)(H,40,41)(H,42,43)(H,44,45). The Morgan fingerprint density at radius 2 is 1.29 bits per heavy atom. The third-order valence-corrected chi connectivity index (χ3v) is 6.77. The number of aliphatic hydroxyl groups is 1. The van der Waals surface area contributed by atoms with E-state index in [0.29, 0.717) is 30.6 Å². The summed E-state index contributed by atoms with van der Waals surface area (Å²) in [4.78, 5) is 78.2. The lowest BCUT2D eigenvalue weighted by atomic mass is 10.1. The molecule has 16 heteroatoms. The van der Waals surface area contributed by atoms with Crippen LogP contribution in [0.5, 0.6) is 0 Å². The molecule has 0 bridgehead atoms. The number of pyridine rings is 1. The van der Waals surface area contributed by atoms with Gasteiger partial charge in [0.15, 0.2) is 0 Å². The second-order valence-electron chi connectivity index (χ2n) is 10.6. The van der Waals surface area contributed by atoms with E-state index in [1.807, 2.05) is 0 Å². The first-order valence-electron chi connectivity index (χ1n) is 14.5. The van der Waals surface area contributed by atoms with Crippen LogP contribution in [0.1, 0.15) is 24.8 Å². The molecule has 2 aromatic rings. The zero-order valence-corrected chi connectivity index (χ0v) is 25.3. The van der Waals surface area contributed by atoms with Gasteiger partial charge in [0.25, 0.3) is 0 Å². The molecule has 1 aromatic heterocycles. The molecule has 1 heterocycles. The molecule has 0 radical (unpaired) electrons. The fourth-order valence-electron chi connectivity index (χ4n) is 4.65. The van der Waals surface area contributed by atoms with Crippen LogP contribution in [0.3, 0.4) is 0 Å². The van der Waals surface area contributed by atoms with E-state index in [0.717, 1.165) is 17.4 Å². The number of carbonyl (C=O) groups excluding carboxylic acids is 2. The monoisotopic (exact) mass is 634 g/mol. The molecule has 0 atom stereocenters. The van der Waals surface area contributed by atoms with Gasteiger partial charge in [-0.15, -0.1) is 0 Å². The molecule has 0 fully saturated rings. The molecule has 16 nitrogen and oxygen atoms in total. The van der Waals surface area contributed by atoms with Gasteiger partial charge in [-0.25, -0.2) is 0 Å². The van der Waals surface area contributed by atoms with Gasteiger partial charge in [-0.1, -0.05) is 6.07 Å². The molecule has 0 aliphatic rings. The molecule has 0 aliphatic carbocycles. The lowest BCUT2D eigenvalue weighted by Crippen LogP contribution is -2.47. The number of hydrogen-bond acceptors (Lipinski definition) is 10. The van der Waals surface area contributed by atoms with Crippen LogP contribution < -0.4 is 16.2 Å². The van der Waals surface area contributed by atoms with Crippen LogP contribution >= 0.6 is 0 Å². The van der Waals surface area contributed by atoms with E-state index < -0.39 is 49.4 Å². The number of amides is 2. The van der Waals surface area contributed by atoms with Crippen molar-refractivity contribution in [2.75, 3.05) is 77.4 Å². The molecular formula is C29H42N6O10. The number of nitrogens with zero attached hydrogens (tertiary/aromatic N) is 3. The van der Waals surface area contributed by atoms with E-state index in [-0.39, 0.29) is 51.4 Å². The molecule has 0 saturated heterocycles. The summed E-state index contributed by atoms with van der Waals surface area (Å²) in [5.74, 6) is -4.43. The fourth-order valence-corrected chi connectivity index (χ4v) is 4.65. The molecule has 1 aromatic carbocycles. The Hall–Kier alpha value is -4.38. The van der Waals surface area contributed by atoms with Gasteiger partial charge in [-0.3, -0.25) is 43.5 Å². The van der Waals surface area contributed by atoms with Crippen molar-refractivity contribution in [3.05, 3.63) is 40.2 Å². The van der Waals surface area contributed by atoms with E-state index in [9.17, 15) is 44.1 Å². The zero-order valence-electron chi connectivity index (χ0n) is 25.3. The number of rotatable bonds is 22. The average Bonchev–Trinajstić information content (AvgIpc) is 2.92. The van der Waals surface area contributed by atoms with E-state index in [1.54, 1.807) is 25.1 Å². The highest BCUT2D eigenvalue weighted by Gasteiger charge is 2.20. The predicted molar refractivity (Wildman–Crippen MR) is 164 cm³/mol. The minimum Gasteiger partial charge on any atom is -0.480 e. The van der Waals surface area contributed by atoms with Crippen molar-refractivity contribution in [2.45, 2.75) is 26.2 Å². The molecule has 2 amide bonds. The summed E-state index contributed by atoms with van der Waals surface area (Å²) in [6.07, 6.45) is 2.00. The molecule has 0 unspecified atom stereocenters. The molecule has 45 heavy (non-hydrogen) atoms. The van der Waals surface area contributed by atoms with Crippen LogP contribution in [-0.2, 0) is 24.0 Å². The van der Waals surface area contributed by atoms with Crippen LogP contribution in [-0.4, -0.2) is 142 Å². The lowest BCUT2D eigenvalue weighted by Gasteiger charge is -2.28. The van der Waals surface area contributed by atoms with E-state index in [2.05, 4.69) is 15.6 Å². The number of aliphatic carboxylic acids is 3. The topological polar surface area (TPSA) is 233 Å². The maximum Gasteiger partial charge on any atom is 0.317 e. The molecule has 0 aliphatic heterocycles. The Labute approximate surface area is 259 Å². The highest BCUT2D eigenvalue weighted by atomic mass is 16.4. The summed E-state index contributed by atoms with van der Waals surface area (Å²) in [5, 5.41) is 43.1. The molecule has 0 spiro atoms. The van der Waals surface area contributed by atoms with Gasteiger partial charge in [-0.05, 0) is 43.9 Å². The van der Waals surface area contributed by atoms with E-state index >= 15 is 0 Å². The maximum atomic E-state index is 12.8. The third-order valence-electron chi connectivity index (χ3n) is 6.77. The van der Waals surface area contributed by atoms with Gasteiger partial charge in [0.1, 0.15) is 0 Å². The SMILES string of the molecule is Cc1cc(=O)[nH]c2cc(NC(=O)CN(CCN(CCN(CC(=O)O)CC(=O)NCCCCCO)CC(=O)O)CC(=O)O)ccc12. The Bertz CT molecular complexity index is 1380. The van der Waals surface area contributed by atoms with E-state index in [1.165, 1.54) is 20.8 Å². The van der Waals surface area contributed by atoms with Crippen molar-refractivity contribution in [1.29, 1.82) is 0 Å². The molecular weight excluding hydrogens is 592 g/mol. The number of nitrogens with one attached hydrogen (secondary N) is 3. The quantitative estimate of drug-likeness (QED) is 0.0788. The maximum absolute atomic E-state index is 12.8. The van der Waals surface area contributed by atoms with E-state index in [4.69, 9.17) is 5.11 Å². The Morgan fingerprint density at radius 3 is 1.87 bits per heavy atom. The highest BCUT2D eigenvalue weighted by Crippen LogP contribution is 2.19. The minimum atomic E-state index is -1.19. The third kappa shape index (κ3) is 14.8. The Balaban J connectivity index is 2.00.